The second kappa shape index (κ2) is 6.00. The largest absolute Gasteiger partial charge is 0.450 e. The van der Waals surface area contributed by atoms with Gasteiger partial charge in [0.15, 0.2) is 4.67 Å². The number of nitrogens with zero attached hydrogens (tertiary/aromatic N) is 2. The molecule has 1 aromatic heterocycles. The summed E-state index contributed by atoms with van der Waals surface area (Å²) in [5, 5.41) is 9.05. The van der Waals surface area contributed by atoms with E-state index in [0.717, 1.165) is 0 Å². The van der Waals surface area contributed by atoms with Crippen LogP contribution in [0, 0.1) is 0 Å². The summed E-state index contributed by atoms with van der Waals surface area (Å²) >= 11 is 3.11. The number of halogens is 1. The number of aliphatic hydroxyl groups is 1. The van der Waals surface area contributed by atoms with Crippen LogP contribution in [0.25, 0.3) is 0 Å². The van der Waals surface area contributed by atoms with Crippen LogP contribution in [0.3, 0.4) is 0 Å². The number of aliphatic hydroxyl groups excluding tert-OH is 1. The number of hydrogen-bond acceptors (Lipinski definition) is 5. The summed E-state index contributed by atoms with van der Waals surface area (Å²) in [6.07, 6.45) is 0. The highest BCUT2D eigenvalue weighted by Crippen LogP contribution is 2.30. The molecule has 0 amide bonds. The van der Waals surface area contributed by atoms with Crippen LogP contribution < -0.4 is 0 Å². The monoisotopic (exact) mass is 380 g/mol. The molecule has 1 saturated heterocycles. The van der Waals surface area contributed by atoms with Gasteiger partial charge in [0.05, 0.1) is 0 Å². The molecule has 0 aliphatic carbocycles. The molecule has 0 saturated carbocycles. The molecule has 0 radical (unpaired) electrons. The third kappa shape index (κ3) is 3.50. The molecular formula is C13H21BrN2O4S. The Balaban J connectivity index is 2.17. The zero-order valence-electron chi connectivity index (χ0n) is 12.5. The van der Waals surface area contributed by atoms with E-state index in [2.05, 4.69) is 41.6 Å². The summed E-state index contributed by atoms with van der Waals surface area (Å²) in [6.45, 7) is 8.34. The summed E-state index contributed by atoms with van der Waals surface area (Å²) in [7, 11) is -3.60. The van der Waals surface area contributed by atoms with Crippen molar-refractivity contribution in [2.45, 2.75) is 37.8 Å². The Morgan fingerprint density at radius 2 is 1.86 bits per heavy atom. The molecule has 2 rings (SSSR count). The lowest BCUT2D eigenvalue weighted by atomic mass is 10.1. The smallest absolute Gasteiger partial charge is 0.247 e. The molecule has 1 aromatic rings. The van der Waals surface area contributed by atoms with E-state index < -0.39 is 10.0 Å². The van der Waals surface area contributed by atoms with E-state index in [4.69, 9.17) is 9.52 Å². The van der Waals surface area contributed by atoms with Gasteiger partial charge in [-0.3, -0.25) is 4.90 Å². The van der Waals surface area contributed by atoms with Gasteiger partial charge in [0.2, 0.25) is 10.0 Å². The van der Waals surface area contributed by atoms with Crippen LogP contribution in [-0.4, -0.2) is 54.4 Å². The molecule has 6 nitrogen and oxygen atoms in total. The minimum absolute atomic E-state index is 0.0378. The van der Waals surface area contributed by atoms with Gasteiger partial charge in [-0.15, -0.1) is 0 Å². The number of piperazine rings is 1. The van der Waals surface area contributed by atoms with Crippen LogP contribution in [0.2, 0.25) is 0 Å². The first-order valence-corrected chi connectivity index (χ1v) is 9.04. The molecule has 120 valence electrons. The number of hydrogen-bond donors (Lipinski definition) is 1. The summed E-state index contributed by atoms with van der Waals surface area (Å²) in [5.74, 6) is 0.230. The van der Waals surface area contributed by atoms with Crippen LogP contribution >= 0.6 is 15.9 Å². The van der Waals surface area contributed by atoms with Crippen LogP contribution in [0.1, 0.15) is 26.5 Å². The molecule has 0 bridgehead atoms. The highest BCUT2D eigenvalue weighted by atomic mass is 79.9. The van der Waals surface area contributed by atoms with Crippen molar-refractivity contribution in [2.75, 3.05) is 26.2 Å². The molecule has 1 N–H and O–H groups in total. The zero-order chi connectivity index (χ0) is 15.8. The molecule has 2 heterocycles. The zero-order valence-corrected chi connectivity index (χ0v) is 14.9. The SMILES string of the molecule is CC(C)(C)N1CCN(S(=O)(=O)c2cc(CO)oc2Br)CC1. The number of rotatable bonds is 3. The Bertz CT molecular complexity index is 598. The van der Waals surface area contributed by atoms with Crippen LogP contribution in [0.15, 0.2) is 20.0 Å². The van der Waals surface area contributed by atoms with E-state index in [1.807, 2.05) is 0 Å². The Morgan fingerprint density at radius 1 is 1.29 bits per heavy atom. The van der Waals surface area contributed by atoms with E-state index in [0.29, 0.717) is 26.2 Å². The summed E-state index contributed by atoms with van der Waals surface area (Å²) < 4.78 is 32.0. The highest BCUT2D eigenvalue weighted by molar-refractivity contribution is 9.10. The van der Waals surface area contributed by atoms with E-state index in [1.165, 1.54) is 10.4 Å². The lowest BCUT2D eigenvalue weighted by Crippen LogP contribution is -2.54. The van der Waals surface area contributed by atoms with Crippen LogP contribution in [-0.2, 0) is 16.6 Å². The second-order valence-electron chi connectivity index (χ2n) is 6.07. The Labute approximate surface area is 133 Å². The van der Waals surface area contributed by atoms with Crippen molar-refractivity contribution in [2.24, 2.45) is 0 Å². The molecule has 1 aliphatic rings. The first-order chi connectivity index (χ1) is 9.66. The average molecular weight is 381 g/mol. The summed E-state index contributed by atoms with van der Waals surface area (Å²) in [5.41, 5.74) is 0.0378. The molecule has 0 atom stereocenters. The van der Waals surface area contributed by atoms with E-state index in [9.17, 15) is 8.42 Å². The van der Waals surface area contributed by atoms with E-state index >= 15 is 0 Å². The van der Waals surface area contributed by atoms with Crippen molar-refractivity contribution in [3.8, 4) is 0 Å². The molecule has 0 aromatic carbocycles. The summed E-state index contributed by atoms with van der Waals surface area (Å²) in [6, 6.07) is 1.37. The Morgan fingerprint density at radius 3 is 2.29 bits per heavy atom. The maximum Gasteiger partial charge on any atom is 0.247 e. The van der Waals surface area contributed by atoms with Gasteiger partial charge >= 0.3 is 0 Å². The van der Waals surface area contributed by atoms with E-state index in [-0.39, 0.29) is 27.5 Å². The molecule has 1 aliphatic heterocycles. The van der Waals surface area contributed by atoms with Crippen molar-refractivity contribution < 1.29 is 17.9 Å². The maximum atomic E-state index is 12.6. The third-order valence-electron chi connectivity index (χ3n) is 3.67. The minimum Gasteiger partial charge on any atom is -0.450 e. The number of sulfonamides is 1. The molecule has 8 heteroatoms. The highest BCUT2D eigenvalue weighted by Gasteiger charge is 2.34. The minimum atomic E-state index is -3.60. The van der Waals surface area contributed by atoms with Gasteiger partial charge in [-0.1, -0.05) is 0 Å². The van der Waals surface area contributed by atoms with Crippen molar-refractivity contribution in [1.29, 1.82) is 0 Å². The first-order valence-electron chi connectivity index (χ1n) is 6.80. The molecule has 1 fully saturated rings. The predicted molar refractivity (Wildman–Crippen MR) is 82.4 cm³/mol. The summed E-state index contributed by atoms with van der Waals surface area (Å²) in [4.78, 5) is 2.35. The Hall–Kier alpha value is -0.410. The molecule has 0 unspecified atom stereocenters. The fourth-order valence-electron chi connectivity index (χ4n) is 2.39. The first kappa shape index (κ1) is 17.0. The number of furan rings is 1. The maximum absolute atomic E-state index is 12.6. The van der Waals surface area contributed by atoms with Crippen molar-refractivity contribution in [3.05, 3.63) is 16.5 Å². The predicted octanol–water partition coefficient (Wildman–Crippen LogP) is 1.64. The lowest BCUT2D eigenvalue weighted by Gasteiger charge is -2.41. The van der Waals surface area contributed by atoms with Gasteiger partial charge in [-0.25, -0.2) is 8.42 Å². The third-order valence-corrected chi connectivity index (χ3v) is 6.42. The fourth-order valence-corrected chi connectivity index (χ4v) is 4.77. The Kier molecular flexibility index (Phi) is 4.84. The topological polar surface area (TPSA) is 74.0 Å². The standard InChI is InChI=1S/C13H21BrN2O4S/c1-13(2,3)15-4-6-16(7-5-15)21(18,19)11-8-10(9-17)20-12(11)14/h8,17H,4-7,9H2,1-3H3. The van der Waals surface area contributed by atoms with Gasteiger partial charge in [0, 0.05) is 37.8 Å². The van der Waals surface area contributed by atoms with Crippen molar-refractivity contribution in [3.63, 3.8) is 0 Å². The molecule has 0 spiro atoms. The lowest BCUT2D eigenvalue weighted by molar-refractivity contribution is 0.0921. The van der Waals surface area contributed by atoms with Crippen molar-refractivity contribution in [1.82, 2.24) is 9.21 Å². The fraction of sp³-hybridized carbons (Fsp3) is 0.692. The quantitative estimate of drug-likeness (QED) is 0.862. The van der Waals surface area contributed by atoms with Crippen LogP contribution in [0.4, 0.5) is 0 Å². The average Bonchev–Trinajstić information content (AvgIpc) is 2.80. The molecule has 21 heavy (non-hydrogen) atoms. The van der Waals surface area contributed by atoms with Gasteiger partial charge in [-0.05, 0) is 36.7 Å². The van der Waals surface area contributed by atoms with E-state index in [1.54, 1.807) is 0 Å². The van der Waals surface area contributed by atoms with Gasteiger partial charge < -0.3 is 9.52 Å². The van der Waals surface area contributed by atoms with Crippen molar-refractivity contribution >= 4 is 26.0 Å². The van der Waals surface area contributed by atoms with Gasteiger partial charge in [-0.2, -0.15) is 4.31 Å². The van der Waals surface area contributed by atoms with Gasteiger partial charge in [0.1, 0.15) is 17.3 Å². The molecular weight excluding hydrogens is 360 g/mol. The van der Waals surface area contributed by atoms with Gasteiger partial charge in [0.25, 0.3) is 0 Å². The second-order valence-corrected chi connectivity index (χ2v) is 8.70. The van der Waals surface area contributed by atoms with Crippen LogP contribution in [0.5, 0.6) is 0 Å². The normalized spacial score (nSPS) is 19.1.